The van der Waals surface area contributed by atoms with E-state index in [0.717, 1.165) is 27.9 Å². The van der Waals surface area contributed by atoms with E-state index in [4.69, 9.17) is 4.42 Å². The Hall–Kier alpha value is -4.88. The molecule has 0 radical (unpaired) electrons. The van der Waals surface area contributed by atoms with Crippen LogP contribution in [0, 0.1) is 6.92 Å². The van der Waals surface area contributed by atoms with E-state index in [0.29, 0.717) is 0 Å². The lowest BCUT2D eigenvalue weighted by atomic mass is 9.84. The van der Waals surface area contributed by atoms with E-state index >= 15 is 0 Å². The average Bonchev–Trinajstić information content (AvgIpc) is 3.28. The van der Waals surface area contributed by atoms with Crippen LogP contribution in [-0.2, 0) is 0 Å². The quantitative estimate of drug-likeness (QED) is 0.178. The van der Waals surface area contributed by atoms with Gasteiger partial charge in [-0.15, -0.1) is 0 Å². The highest BCUT2D eigenvalue weighted by Gasteiger charge is 2.18. The summed E-state index contributed by atoms with van der Waals surface area (Å²) in [5.41, 5.74) is 6.94. The van der Waals surface area contributed by atoms with Gasteiger partial charge in [0.25, 0.3) is 0 Å². The van der Waals surface area contributed by atoms with Crippen LogP contribution in [0.15, 0.2) is 132 Å². The van der Waals surface area contributed by atoms with Gasteiger partial charge in [0.05, 0.1) is 0 Å². The Bertz CT molecular complexity index is 1990. The maximum atomic E-state index is 6.24. The number of furan rings is 1. The molecule has 7 rings (SSSR count). The smallest absolute Gasteiger partial charge is 0.135 e. The second-order valence-electron chi connectivity index (χ2n) is 9.75. The summed E-state index contributed by atoms with van der Waals surface area (Å²) in [5.74, 6) is 0.913. The predicted molar refractivity (Wildman–Crippen MR) is 164 cm³/mol. The molecule has 0 aliphatic carbocycles. The lowest BCUT2D eigenvalue weighted by Gasteiger charge is -2.18. The predicted octanol–water partition coefficient (Wildman–Crippen LogP) is 10.7. The van der Waals surface area contributed by atoms with E-state index in [9.17, 15) is 0 Å². The highest BCUT2D eigenvalue weighted by molar-refractivity contribution is 6.23. The van der Waals surface area contributed by atoms with Crippen molar-refractivity contribution in [1.82, 2.24) is 0 Å². The van der Waals surface area contributed by atoms with Crippen LogP contribution in [0.4, 0.5) is 0 Å². The largest absolute Gasteiger partial charge is 0.461 e. The zero-order valence-electron chi connectivity index (χ0n) is 21.2. The zero-order valence-corrected chi connectivity index (χ0v) is 21.2. The molecule has 0 unspecified atom stereocenters. The first-order valence-electron chi connectivity index (χ1n) is 13.0. The van der Waals surface area contributed by atoms with Crippen LogP contribution >= 0.6 is 0 Å². The Morgan fingerprint density at radius 1 is 0.605 bits per heavy atom. The Balaban J connectivity index is 1.58. The molecule has 0 N–H and O–H groups in total. The van der Waals surface area contributed by atoms with Crippen molar-refractivity contribution in [3.8, 4) is 22.3 Å². The van der Waals surface area contributed by atoms with Crippen molar-refractivity contribution in [2.24, 2.45) is 0 Å². The fraction of sp³-hybridized carbons (Fsp3) is 0.0270. The van der Waals surface area contributed by atoms with Crippen molar-refractivity contribution < 1.29 is 4.42 Å². The van der Waals surface area contributed by atoms with E-state index in [1.807, 2.05) is 13.0 Å². The van der Waals surface area contributed by atoms with Crippen LogP contribution in [0.3, 0.4) is 0 Å². The first-order chi connectivity index (χ1) is 18.7. The molecule has 0 bridgehead atoms. The summed E-state index contributed by atoms with van der Waals surface area (Å²) in [7, 11) is 0. The van der Waals surface area contributed by atoms with Gasteiger partial charge in [-0.2, -0.15) is 0 Å². The number of hydrogen-bond acceptors (Lipinski definition) is 1. The molecule has 0 spiro atoms. The molecule has 1 aromatic heterocycles. The number of rotatable bonds is 4. The Morgan fingerprint density at radius 2 is 1.21 bits per heavy atom. The third-order valence-corrected chi connectivity index (χ3v) is 7.59. The number of fused-ring (bicyclic) bond motifs is 4. The number of aryl methyl sites for hydroxylation is 1. The van der Waals surface area contributed by atoms with E-state index in [2.05, 4.69) is 122 Å². The highest BCUT2D eigenvalue weighted by atomic mass is 16.3. The first-order valence-corrected chi connectivity index (χ1v) is 13.0. The lowest BCUT2D eigenvalue weighted by Crippen LogP contribution is -1.91. The van der Waals surface area contributed by atoms with Crippen LogP contribution in [0.25, 0.3) is 71.6 Å². The molecule has 7 aromatic rings. The van der Waals surface area contributed by atoms with E-state index in [-0.39, 0.29) is 0 Å². The second kappa shape index (κ2) is 8.90. The topological polar surface area (TPSA) is 13.1 Å². The molecule has 0 fully saturated rings. The third-order valence-electron chi connectivity index (χ3n) is 7.59. The van der Waals surface area contributed by atoms with Gasteiger partial charge in [0.2, 0.25) is 0 Å². The molecule has 180 valence electrons. The van der Waals surface area contributed by atoms with Crippen LogP contribution < -0.4 is 0 Å². The van der Waals surface area contributed by atoms with Gasteiger partial charge in [0, 0.05) is 10.9 Å². The van der Waals surface area contributed by atoms with Gasteiger partial charge in [-0.25, -0.2) is 0 Å². The normalized spacial score (nSPS) is 11.8. The summed E-state index contributed by atoms with van der Waals surface area (Å²) in [6.07, 6.45) is 5.82. The fourth-order valence-electron chi connectivity index (χ4n) is 5.94. The van der Waals surface area contributed by atoms with Gasteiger partial charge in [-0.3, -0.25) is 0 Å². The molecular weight excluding hydrogens is 460 g/mol. The molecule has 0 saturated heterocycles. The average molecular weight is 487 g/mol. The van der Waals surface area contributed by atoms with Crippen molar-refractivity contribution in [3.05, 3.63) is 139 Å². The minimum absolute atomic E-state index is 0.898. The monoisotopic (exact) mass is 486 g/mol. The molecule has 1 heterocycles. The summed E-state index contributed by atoms with van der Waals surface area (Å²) < 4.78 is 6.24. The number of allylic oxidation sites excluding steroid dienone is 2. The zero-order chi connectivity index (χ0) is 25.6. The van der Waals surface area contributed by atoms with E-state index < -0.39 is 0 Å². The van der Waals surface area contributed by atoms with Crippen molar-refractivity contribution in [2.45, 2.75) is 6.92 Å². The molecular formula is C37H26O. The van der Waals surface area contributed by atoms with Crippen LogP contribution in [0.2, 0.25) is 0 Å². The maximum absolute atomic E-state index is 6.24. The van der Waals surface area contributed by atoms with Gasteiger partial charge in [0.1, 0.15) is 11.3 Å². The van der Waals surface area contributed by atoms with Crippen LogP contribution in [0.1, 0.15) is 11.3 Å². The van der Waals surface area contributed by atoms with Gasteiger partial charge < -0.3 is 4.42 Å². The third kappa shape index (κ3) is 3.40. The molecule has 1 nitrogen and oxygen atoms in total. The van der Waals surface area contributed by atoms with Gasteiger partial charge in [-0.1, -0.05) is 122 Å². The molecule has 0 atom stereocenters. The SMILES string of the molecule is C=C/C=C\c1c(C)oc2cc(-c3c4ccccc4c(-c4cccc5ccccc45)c4ccccc34)ccc12. The molecule has 0 aliphatic heterocycles. The van der Waals surface area contributed by atoms with Crippen LogP contribution in [0.5, 0.6) is 0 Å². The molecule has 6 aromatic carbocycles. The molecule has 0 amide bonds. The number of hydrogen-bond donors (Lipinski definition) is 0. The molecule has 0 saturated carbocycles. The first kappa shape index (κ1) is 22.3. The Morgan fingerprint density at radius 3 is 1.89 bits per heavy atom. The van der Waals surface area contributed by atoms with Gasteiger partial charge in [0.15, 0.2) is 0 Å². The van der Waals surface area contributed by atoms with Crippen molar-refractivity contribution in [2.75, 3.05) is 0 Å². The van der Waals surface area contributed by atoms with Crippen molar-refractivity contribution in [1.29, 1.82) is 0 Å². The minimum atomic E-state index is 0.898. The maximum Gasteiger partial charge on any atom is 0.135 e. The number of benzene rings is 6. The summed E-state index contributed by atoms with van der Waals surface area (Å²) in [5, 5.41) is 8.62. The van der Waals surface area contributed by atoms with E-state index in [1.54, 1.807) is 6.08 Å². The minimum Gasteiger partial charge on any atom is -0.461 e. The van der Waals surface area contributed by atoms with Gasteiger partial charge in [-0.05, 0) is 73.6 Å². The summed E-state index contributed by atoms with van der Waals surface area (Å²) in [6, 6.07) is 39.5. The Labute approximate surface area is 222 Å². The highest BCUT2D eigenvalue weighted by Crippen LogP contribution is 2.45. The summed E-state index contributed by atoms with van der Waals surface area (Å²) >= 11 is 0. The standard InChI is InChI=1S/C37H26O/c1-3-4-14-27-24(2)38-35-23-26(21-22-29(27)35)36-31-16-7-9-18-33(31)37(34-19-10-8-17-32(34)36)30-20-11-13-25-12-5-6-15-28(25)30/h3-23H,1H2,2H3/b14-4-. The second-order valence-corrected chi connectivity index (χ2v) is 9.75. The molecule has 1 heteroatoms. The van der Waals surface area contributed by atoms with Crippen molar-refractivity contribution >= 4 is 49.4 Å². The molecule has 0 aliphatic rings. The van der Waals surface area contributed by atoms with Crippen LogP contribution in [-0.4, -0.2) is 0 Å². The van der Waals surface area contributed by atoms with E-state index in [1.165, 1.54) is 49.0 Å². The molecule has 38 heavy (non-hydrogen) atoms. The van der Waals surface area contributed by atoms with Gasteiger partial charge >= 0.3 is 0 Å². The van der Waals surface area contributed by atoms with Crippen molar-refractivity contribution in [3.63, 3.8) is 0 Å². The summed E-state index contributed by atoms with van der Waals surface area (Å²) in [4.78, 5) is 0. The lowest BCUT2D eigenvalue weighted by molar-refractivity contribution is 0.577. The Kier molecular flexibility index (Phi) is 5.23. The summed E-state index contributed by atoms with van der Waals surface area (Å²) in [6.45, 7) is 5.83. The fourth-order valence-corrected chi connectivity index (χ4v) is 5.94.